The lowest BCUT2D eigenvalue weighted by Gasteiger charge is -2.07. The van der Waals surface area contributed by atoms with E-state index in [1.54, 1.807) is 0 Å². The van der Waals surface area contributed by atoms with Gasteiger partial charge in [0.2, 0.25) is 0 Å². The van der Waals surface area contributed by atoms with Gasteiger partial charge in [-0.05, 0) is 18.2 Å². The van der Waals surface area contributed by atoms with E-state index >= 15 is 0 Å². The summed E-state index contributed by atoms with van der Waals surface area (Å²) in [7, 11) is 0. The summed E-state index contributed by atoms with van der Waals surface area (Å²) >= 11 is 7.11. The molecule has 0 radical (unpaired) electrons. The zero-order valence-corrected chi connectivity index (χ0v) is 9.34. The van der Waals surface area contributed by atoms with Crippen LogP contribution in [0.2, 0.25) is 0 Å². The highest BCUT2D eigenvalue weighted by Gasteiger charge is 2.06. The number of benzene rings is 1. The van der Waals surface area contributed by atoms with Gasteiger partial charge in [-0.25, -0.2) is 8.78 Å². The normalized spacial score (nSPS) is 12.9. The quantitative estimate of drug-likeness (QED) is 0.716. The minimum atomic E-state index is -0.402. The first-order valence-electron chi connectivity index (χ1n) is 4.25. The Morgan fingerprint density at radius 3 is 2.79 bits per heavy atom. The van der Waals surface area contributed by atoms with E-state index in [0.717, 1.165) is 12.1 Å². The SMILES string of the molecule is CC(CCl)SCc1cc(F)ccc1F. The van der Waals surface area contributed by atoms with E-state index in [-0.39, 0.29) is 11.1 Å². The van der Waals surface area contributed by atoms with Crippen molar-refractivity contribution in [2.75, 3.05) is 5.88 Å². The largest absolute Gasteiger partial charge is 0.207 e. The number of hydrogen-bond acceptors (Lipinski definition) is 1. The predicted octanol–water partition coefficient (Wildman–Crippen LogP) is 3.83. The Hall–Kier alpha value is -0.280. The molecule has 0 spiro atoms. The van der Waals surface area contributed by atoms with E-state index in [1.807, 2.05) is 6.92 Å². The topological polar surface area (TPSA) is 0 Å². The molecule has 1 aromatic rings. The standard InChI is InChI=1S/C10H11ClF2S/c1-7(5-11)14-6-8-4-9(12)2-3-10(8)13/h2-4,7H,5-6H2,1H3. The minimum Gasteiger partial charge on any atom is -0.207 e. The number of alkyl halides is 1. The number of halogens is 3. The smallest absolute Gasteiger partial charge is 0.127 e. The van der Waals surface area contributed by atoms with Crippen LogP contribution in [-0.2, 0) is 5.75 Å². The molecular weight excluding hydrogens is 226 g/mol. The van der Waals surface area contributed by atoms with Crippen LogP contribution in [-0.4, -0.2) is 11.1 Å². The summed E-state index contributed by atoms with van der Waals surface area (Å²) in [6, 6.07) is 3.49. The van der Waals surface area contributed by atoms with Crippen molar-refractivity contribution < 1.29 is 8.78 Å². The molecule has 0 saturated heterocycles. The lowest BCUT2D eigenvalue weighted by Crippen LogP contribution is -1.99. The maximum atomic E-state index is 13.1. The van der Waals surface area contributed by atoms with Crippen LogP contribution in [0.15, 0.2) is 18.2 Å². The minimum absolute atomic E-state index is 0.249. The van der Waals surface area contributed by atoms with Crippen molar-refractivity contribution in [3.05, 3.63) is 35.4 Å². The van der Waals surface area contributed by atoms with E-state index in [2.05, 4.69) is 0 Å². The van der Waals surface area contributed by atoms with Crippen molar-refractivity contribution in [1.82, 2.24) is 0 Å². The van der Waals surface area contributed by atoms with Gasteiger partial charge in [0.05, 0.1) is 0 Å². The lowest BCUT2D eigenvalue weighted by atomic mass is 10.2. The highest BCUT2D eigenvalue weighted by Crippen LogP contribution is 2.21. The molecule has 1 atom stereocenters. The van der Waals surface area contributed by atoms with Crippen LogP contribution in [0.4, 0.5) is 8.78 Å². The van der Waals surface area contributed by atoms with Gasteiger partial charge in [-0.15, -0.1) is 11.6 Å². The fourth-order valence-corrected chi connectivity index (χ4v) is 1.97. The van der Waals surface area contributed by atoms with Crippen molar-refractivity contribution in [3.8, 4) is 0 Å². The van der Waals surface area contributed by atoms with Gasteiger partial charge >= 0.3 is 0 Å². The predicted molar refractivity (Wildman–Crippen MR) is 57.8 cm³/mol. The second-order valence-corrected chi connectivity index (χ2v) is 4.75. The van der Waals surface area contributed by atoms with E-state index in [9.17, 15) is 8.78 Å². The second kappa shape index (κ2) is 5.56. The third-order valence-corrected chi connectivity index (χ3v) is 3.61. The second-order valence-electron chi connectivity index (χ2n) is 3.01. The molecule has 0 nitrogen and oxygen atoms in total. The van der Waals surface area contributed by atoms with Gasteiger partial charge in [0.25, 0.3) is 0 Å². The van der Waals surface area contributed by atoms with Crippen molar-refractivity contribution in [3.63, 3.8) is 0 Å². The summed E-state index contributed by atoms with van der Waals surface area (Å²) in [6.45, 7) is 1.95. The van der Waals surface area contributed by atoms with Crippen molar-refractivity contribution in [1.29, 1.82) is 0 Å². The Balaban J connectivity index is 2.62. The molecule has 1 unspecified atom stereocenters. The molecule has 0 aromatic heterocycles. The maximum absolute atomic E-state index is 13.1. The molecule has 14 heavy (non-hydrogen) atoms. The first-order valence-corrected chi connectivity index (χ1v) is 5.83. The van der Waals surface area contributed by atoms with Gasteiger partial charge in [0.15, 0.2) is 0 Å². The first kappa shape index (κ1) is 11.8. The monoisotopic (exact) mass is 236 g/mol. The molecule has 1 aromatic carbocycles. The molecule has 0 heterocycles. The van der Waals surface area contributed by atoms with E-state index in [4.69, 9.17) is 11.6 Å². The molecule has 1 rings (SSSR count). The number of rotatable bonds is 4. The zero-order valence-electron chi connectivity index (χ0n) is 7.77. The third-order valence-electron chi connectivity index (χ3n) is 1.75. The van der Waals surface area contributed by atoms with Gasteiger partial charge in [0.1, 0.15) is 11.6 Å². The summed E-state index contributed by atoms with van der Waals surface area (Å²) in [6.07, 6.45) is 0. The zero-order chi connectivity index (χ0) is 10.6. The van der Waals surface area contributed by atoms with Crippen molar-refractivity contribution >= 4 is 23.4 Å². The van der Waals surface area contributed by atoms with Crippen LogP contribution in [0.5, 0.6) is 0 Å². The number of hydrogen-bond donors (Lipinski definition) is 0. The van der Waals surface area contributed by atoms with Crippen LogP contribution in [0.1, 0.15) is 12.5 Å². The molecule has 0 fully saturated rings. The molecule has 0 saturated carbocycles. The molecule has 0 aliphatic heterocycles. The highest BCUT2D eigenvalue weighted by molar-refractivity contribution is 7.99. The Labute approximate surface area is 91.6 Å². The Kier molecular flexibility index (Phi) is 4.69. The molecule has 0 N–H and O–H groups in total. The van der Waals surface area contributed by atoms with Crippen molar-refractivity contribution in [2.45, 2.75) is 17.9 Å². The van der Waals surface area contributed by atoms with Crippen LogP contribution in [0.25, 0.3) is 0 Å². The summed E-state index contributed by atoms with van der Waals surface area (Å²) in [5.41, 5.74) is 0.395. The number of thioether (sulfide) groups is 1. The van der Waals surface area contributed by atoms with Gasteiger partial charge in [-0.3, -0.25) is 0 Å². The summed E-state index contributed by atoms with van der Waals surface area (Å²) < 4.78 is 25.9. The van der Waals surface area contributed by atoms with Gasteiger partial charge < -0.3 is 0 Å². The summed E-state index contributed by atoms with van der Waals surface area (Å²) in [5.74, 6) is 0.209. The van der Waals surface area contributed by atoms with E-state index in [1.165, 1.54) is 17.8 Å². The lowest BCUT2D eigenvalue weighted by molar-refractivity contribution is 0.591. The van der Waals surface area contributed by atoms with Gasteiger partial charge in [0, 0.05) is 22.4 Å². The molecule has 0 aliphatic carbocycles. The Morgan fingerprint density at radius 2 is 2.14 bits per heavy atom. The average Bonchev–Trinajstić information content (AvgIpc) is 2.19. The van der Waals surface area contributed by atoms with E-state index in [0.29, 0.717) is 17.2 Å². The van der Waals surface area contributed by atoms with Crippen LogP contribution < -0.4 is 0 Å². The van der Waals surface area contributed by atoms with Crippen LogP contribution in [0, 0.1) is 11.6 Å². The van der Waals surface area contributed by atoms with Crippen molar-refractivity contribution in [2.24, 2.45) is 0 Å². The Bertz CT molecular complexity index is 304. The summed E-state index contributed by atoms with van der Waals surface area (Å²) in [5, 5.41) is 0.249. The van der Waals surface area contributed by atoms with Crippen LogP contribution in [0.3, 0.4) is 0 Å². The molecule has 4 heteroatoms. The Morgan fingerprint density at radius 1 is 1.43 bits per heavy atom. The molecule has 78 valence electrons. The van der Waals surface area contributed by atoms with E-state index < -0.39 is 5.82 Å². The fraction of sp³-hybridized carbons (Fsp3) is 0.400. The van der Waals surface area contributed by atoms with Crippen LogP contribution >= 0.6 is 23.4 Å². The fourth-order valence-electron chi connectivity index (χ4n) is 0.931. The maximum Gasteiger partial charge on any atom is 0.127 e. The molecule has 0 bridgehead atoms. The van der Waals surface area contributed by atoms with Gasteiger partial charge in [-0.2, -0.15) is 11.8 Å². The molecule has 0 aliphatic rings. The molecule has 0 amide bonds. The average molecular weight is 237 g/mol. The third kappa shape index (κ3) is 3.46. The van der Waals surface area contributed by atoms with Gasteiger partial charge in [-0.1, -0.05) is 6.92 Å². The summed E-state index contributed by atoms with van der Waals surface area (Å²) in [4.78, 5) is 0. The first-order chi connectivity index (χ1) is 6.63. The molecular formula is C10H11ClF2S. The highest BCUT2D eigenvalue weighted by atomic mass is 35.5.